The van der Waals surface area contributed by atoms with E-state index < -0.39 is 23.9 Å². The van der Waals surface area contributed by atoms with Crippen LogP contribution in [0.15, 0.2) is 65.9 Å². The van der Waals surface area contributed by atoms with Gasteiger partial charge in [0.25, 0.3) is 5.91 Å². The number of likely N-dealkylation sites (N-methyl/N-ethyl adjacent to an activating group) is 1. The number of urea groups is 1. The van der Waals surface area contributed by atoms with Crippen LogP contribution in [-0.2, 0) is 9.53 Å². The Morgan fingerprint density at radius 3 is 2.53 bits per heavy atom. The number of carbonyl (C=O) groups is 3. The highest BCUT2D eigenvalue weighted by Gasteiger charge is 2.38. The van der Waals surface area contributed by atoms with Crippen LogP contribution in [0, 0.1) is 5.82 Å². The van der Waals surface area contributed by atoms with Gasteiger partial charge in [-0.3, -0.25) is 14.6 Å². The van der Waals surface area contributed by atoms with Crippen LogP contribution < -0.4 is 5.32 Å². The van der Waals surface area contributed by atoms with Crippen molar-refractivity contribution in [3.63, 3.8) is 0 Å². The molecule has 0 bridgehead atoms. The number of hydrogen-bond acceptors (Lipinski definition) is 5. The van der Waals surface area contributed by atoms with E-state index in [2.05, 4.69) is 10.2 Å². The van der Waals surface area contributed by atoms with Gasteiger partial charge in [0.1, 0.15) is 5.82 Å². The first-order valence-electron chi connectivity index (χ1n) is 12.1. The van der Waals surface area contributed by atoms with Gasteiger partial charge in [0.15, 0.2) is 0 Å². The zero-order chi connectivity index (χ0) is 25.8. The minimum Gasteiger partial charge on any atom is -0.463 e. The lowest BCUT2D eigenvalue weighted by molar-refractivity contribution is -0.139. The Labute approximate surface area is 210 Å². The van der Waals surface area contributed by atoms with E-state index in [0.717, 1.165) is 0 Å². The van der Waals surface area contributed by atoms with Crippen LogP contribution in [0.4, 0.5) is 9.18 Å². The van der Waals surface area contributed by atoms with Crippen LogP contribution in [0.1, 0.15) is 35.8 Å². The minimum atomic E-state index is -0.836. The minimum absolute atomic E-state index is 0.0190. The molecule has 36 heavy (non-hydrogen) atoms. The average molecular weight is 495 g/mol. The Morgan fingerprint density at radius 1 is 1.11 bits per heavy atom. The molecule has 0 saturated carbocycles. The van der Waals surface area contributed by atoms with Gasteiger partial charge in [0.2, 0.25) is 0 Å². The molecule has 2 aliphatic rings. The molecule has 2 heterocycles. The third-order valence-electron chi connectivity index (χ3n) is 6.62. The van der Waals surface area contributed by atoms with Crippen molar-refractivity contribution in [2.45, 2.75) is 25.9 Å². The van der Waals surface area contributed by atoms with E-state index in [0.29, 0.717) is 43.0 Å². The van der Waals surface area contributed by atoms with E-state index in [1.54, 1.807) is 38.2 Å². The summed E-state index contributed by atoms with van der Waals surface area (Å²) < 4.78 is 19.4. The predicted octanol–water partition coefficient (Wildman–Crippen LogP) is 3.19. The zero-order valence-electron chi connectivity index (χ0n) is 20.7. The number of amides is 3. The lowest BCUT2D eigenvalue weighted by Gasteiger charge is -2.42. The summed E-state index contributed by atoms with van der Waals surface area (Å²) in [6.07, 6.45) is 0. The summed E-state index contributed by atoms with van der Waals surface area (Å²) in [4.78, 5) is 44.3. The van der Waals surface area contributed by atoms with E-state index in [4.69, 9.17) is 4.74 Å². The molecule has 190 valence electrons. The molecular formula is C27H31FN4O4. The first-order valence-corrected chi connectivity index (χ1v) is 12.1. The predicted molar refractivity (Wildman–Crippen MR) is 132 cm³/mol. The molecule has 2 aromatic carbocycles. The van der Waals surface area contributed by atoms with Crippen LogP contribution in [0.25, 0.3) is 0 Å². The standard InChI is InChI=1S/C27H31FN4O4/c1-4-36-26(34)23-22(30(3)27(35)29-24(23)20-11-8-12-21(28)15-20)17-31-13-14-32(18(2)16-31)25(33)19-9-6-5-7-10-19/h5-12,15,18,24H,4,13-14,16-17H2,1-3H3,(H,29,35)/t18-,24+/m0/s1. The number of ether oxygens (including phenoxy) is 1. The number of benzene rings is 2. The van der Waals surface area contributed by atoms with Gasteiger partial charge in [-0.25, -0.2) is 14.0 Å². The van der Waals surface area contributed by atoms with Gasteiger partial charge in [-0.2, -0.15) is 0 Å². The van der Waals surface area contributed by atoms with Gasteiger partial charge in [-0.15, -0.1) is 0 Å². The molecule has 0 aromatic heterocycles. The number of carbonyl (C=O) groups excluding carboxylic acids is 3. The zero-order valence-corrected chi connectivity index (χ0v) is 20.7. The number of nitrogens with zero attached hydrogens (tertiary/aromatic N) is 3. The largest absolute Gasteiger partial charge is 0.463 e. The van der Waals surface area contributed by atoms with Gasteiger partial charge in [0.05, 0.1) is 18.2 Å². The molecule has 3 amide bonds. The molecule has 0 spiro atoms. The number of rotatable bonds is 6. The summed E-state index contributed by atoms with van der Waals surface area (Å²) in [6.45, 7) is 5.83. The van der Waals surface area contributed by atoms with Crippen molar-refractivity contribution in [3.8, 4) is 0 Å². The number of esters is 1. The Morgan fingerprint density at radius 2 is 1.86 bits per heavy atom. The Kier molecular flexibility index (Phi) is 7.69. The Balaban J connectivity index is 1.61. The molecule has 1 N–H and O–H groups in total. The van der Waals surface area contributed by atoms with E-state index in [-0.39, 0.29) is 24.1 Å². The van der Waals surface area contributed by atoms with E-state index >= 15 is 0 Å². The molecule has 2 atom stereocenters. The van der Waals surface area contributed by atoms with Crippen molar-refractivity contribution >= 4 is 17.9 Å². The van der Waals surface area contributed by atoms with Crippen LogP contribution in [-0.4, -0.2) is 78.5 Å². The molecule has 2 aromatic rings. The number of nitrogens with one attached hydrogen (secondary N) is 1. The topological polar surface area (TPSA) is 82.2 Å². The lowest BCUT2D eigenvalue weighted by atomic mass is 9.94. The second-order valence-corrected chi connectivity index (χ2v) is 9.03. The number of piperazine rings is 1. The summed E-state index contributed by atoms with van der Waals surface area (Å²) in [6, 6.07) is 13.7. The highest BCUT2D eigenvalue weighted by atomic mass is 19.1. The molecule has 0 aliphatic carbocycles. The van der Waals surface area contributed by atoms with Crippen molar-refractivity contribution in [2.24, 2.45) is 0 Å². The van der Waals surface area contributed by atoms with Crippen molar-refractivity contribution in [2.75, 3.05) is 39.8 Å². The normalized spacial score (nSPS) is 20.8. The van der Waals surface area contributed by atoms with Gasteiger partial charge >= 0.3 is 12.0 Å². The molecule has 8 nitrogen and oxygen atoms in total. The van der Waals surface area contributed by atoms with E-state index in [1.165, 1.54) is 17.0 Å². The van der Waals surface area contributed by atoms with Gasteiger partial charge in [-0.05, 0) is 43.7 Å². The third kappa shape index (κ3) is 5.26. The first kappa shape index (κ1) is 25.4. The lowest BCUT2D eigenvalue weighted by Crippen LogP contribution is -2.56. The second-order valence-electron chi connectivity index (χ2n) is 9.03. The summed E-state index contributed by atoms with van der Waals surface area (Å²) in [7, 11) is 1.60. The summed E-state index contributed by atoms with van der Waals surface area (Å²) in [5.41, 5.74) is 1.89. The number of halogens is 1. The maximum Gasteiger partial charge on any atom is 0.338 e. The molecule has 4 rings (SSSR count). The maximum absolute atomic E-state index is 14.0. The van der Waals surface area contributed by atoms with Crippen molar-refractivity contribution in [1.82, 2.24) is 20.0 Å². The summed E-state index contributed by atoms with van der Waals surface area (Å²) >= 11 is 0. The second kappa shape index (κ2) is 10.9. The van der Waals surface area contributed by atoms with Crippen LogP contribution >= 0.6 is 0 Å². The van der Waals surface area contributed by atoms with Crippen molar-refractivity contribution < 1.29 is 23.5 Å². The summed E-state index contributed by atoms with van der Waals surface area (Å²) in [5, 5.41) is 2.81. The fraction of sp³-hybridized carbons (Fsp3) is 0.370. The van der Waals surface area contributed by atoms with Gasteiger partial charge < -0.3 is 15.0 Å². The van der Waals surface area contributed by atoms with E-state index in [1.807, 2.05) is 30.0 Å². The average Bonchev–Trinajstić information content (AvgIpc) is 2.87. The number of hydrogen-bond donors (Lipinski definition) is 1. The highest BCUT2D eigenvalue weighted by molar-refractivity contribution is 5.95. The van der Waals surface area contributed by atoms with Crippen molar-refractivity contribution in [3.05, 3.63) is 82.8 Å². The maximum atomic E-state index is 14.0. The smallest absolute Gasteiger partial charge is 0.338 e. The fourth-order valence-electron chi connectivity index (χ4n) is 4.77. The molecule has 1 fully saturated rings. The first-order chi connectivity index (χ1) is 17.3. The molecule has 9 heteroatoms. The monoisotopic (exact) mass is 494 g/mol. The van der Waals surface area contributed by atoms with Crippen LogP contribution in [0.5, 0.6) is 0 Å². The quantitative estimate of drug-likeness (QED) is 0.624. The highest BCUT2D eigenvalue weighted by Crippen LogP contribution is 2.32. The molecule has 1 saturated heterocycles. The Bertz CT molecular complexity index is 1170. The molecule has 0 radical (unpaired) electrons. The Hall–Kier alpha value is -3.72. The SMILES string of the molecule is CCOC(=O)C1=C(CN2CCN(C(=O)c3ccccc3)[C@@H](C)C2)N(C)C(=O)N[C@@H]1c1cccc(F)c1. The fourth-order valence-corrected chi connectivity index (χ4v) is 4.77. The third-order valence-corrected chi connectivity index (χ3v) is 6.62. The van der Waals surface area contributed by atoms with Gasteiger partial charge in [-0.1, -0.05) is 30.3 Å². The van der Waals surface area contributed by atoms with Crippen molar-refractivity contribution in [1.29, 1.82) is 0 Å². The van der Waals surface area contributed by atoms with Crippen LogP contribution in [0.3, 0.4) is 0 Å². The van der Waals surface area contributed by atoms with Crippen LogP contribution in [0.2, 0.25) is 0 Å². The molecular weight excluding hydrogens is 463 g/mol. The molecule has 2 aliphatic heterocycles. The summed E-state index contributed by atoms with van der Waals surface area (Å²) in [5.74, 6) is -1.03. The van der Waals surface area contributed by atoms with Gasteiger partial charge in [0, 0.05) is 50.5 Å². The van der Waals surface area contributed by atoms with E-state index in [9.17, 15) is 18.8 Å². The molecule has 0 unspecified atom stereocenters.